The van der Waals surface area contributed by atoms with Crippen molar-refractivity contribution < 1.29 is 4.79 Å². The molecule has 0 radical (unpaired) electrons. The van der Waals surface area contributed by atoms with Gasteiger partial charge in [0.1, 0.15) is 0 Å². The summed E-state index contributed by atoms with van der Waals surface area (Å²) < 4.78 is 1.80. The largest absolute Gasteiger partial charge is 0.355 e. The fourth-order valence-electron chi connectivity index (χ4n) is 2.36. The van der Waals surface area contributed by atoms with E-state index in [0.29, 0.717) is 27.8 Å². The van der Waals surface area contributed by atoms with Gasteiger partial charge in [-0.05, 0) is 41.0 Å². The Balaban J connectivity index is 1.49. The number of halogens is 2. The average molecular weight is 386 g/mol. The minimum Gasteiger partial charge on any atom is -0.355 e. The molecule has 1 heterocycles. The molecule has 1 unspecified atom stereocenters. The summed E-state index contributed by atoms with van der Waals surface area (Å²) in [6.45, 7) is 2.45. The van der Waals surface area contributed by atoms with Crippen molar-refractivity contribution in [3.05, 3.63) is 33.8 Å². The van der Waals surface area contributed by atoms with Crippen molar-refractivity contribution in [1.82, 2.24) is 25.5 Å². The molecule has 128 valence electrons. The van der Waals surface area contributed by atoms with E-state index in [-0.39, 0.29) is 17.6 Å². The number of thioether (sulfide) groups is 1. The van der Waals surface area contributed by atoms with Gasteiger partial charge in [-0.25, -0.2) is 4.68 Å². The lowest BCUT2D eigenvalue weighted by Gasteiger charge is -2.16. The quantitative estimate of drug-likeness (QED) is 0.739. The second kappa shape index (κ2) is 7.72. The fraction of sp³-hybridized carbons (Fsp3) is 0.467. The van der Waals surface area contributed by atoms with E-state index in [1.54, 1.807) is 22.9 Å². The van der Waals surface area contributed by atoms with Crippen LogP contribution in [-0.4, -0.2) is 38.4 Å². The van der Waals surface area contributed by atoms with Crippen LogP contribution in [0.4, 0.5) is 0 Å². The van der Waals surface area contributed by atoms with Gasteiger partial charge in [-0.15, -0.1) is 5.10 Å². The summed E-state index contributed by atoms with van der Waals surface area (Å²) >= 11 is 13.7. The molecule has 1 aromatic heterocycles. The van der Waals surface area contributed by atoms with Crippen LogP contribution in [0.15, 0.2) is 23.4 Å². The van der Waals surface area contributed by atoms with Gasteiger partial charge >= 0.3 is 0 Å². The summed E-state index contributed by atoms with van der Waals surface area (Å²) in [5.41, 5.74) is 0.853. The lowest BCUT2D eigenvalue weighted by molar-refractivity contribution is -0.118. The Morgan fingerprint density at radius 1 is 1.42 bits per heavy atom. The van der Waals surface area contributed by atoms with Crippen LogP contribution in [0.25, 0.3) is 0 Å². The van der Waals surface area contributed by atoms with Gasteiger partial charge in [0.25, 0.3) is 0 Å². The standard InChI is InChI=1S/C15H17Cl2N5OS/c1-9(14-11(16)3-2-4-12(14)17)7-18-13(23)8-24-15-19-20-21-22(15)10-5-6-10/h2-4,9-10H,5-8H2,1H3,(H,18,23). The number of amides is 1. The van der Waals surface area contributed by atoms with E-state index in [1.165, 1.54) is 11.8 Å². The topological polar surface area (TPSA) is 72.7 Å². The van der Waals surface area contributed by atoms with Crippen molar-refractivity contribution in [3.63, 3.8) is 0 Å². The second-order valence-corrected chi connectivity index (χ2v) is 7.52. The first-order valence-electron chi connectivity index (χ1n) is 7.67. The predicted octanol–water partition coefficient (Wildman–Crippen LogP) is 3.33. The van der Waals surface area contributed by atoms with Crippen LogP contribution in [0.2, 0.25) is 10.0 Å². The minimum atomic E-state index is -0.0691. The van der Waals surface area contributed by atoms with Crippen molar-refractivity contribution in [2.45, 2.75) is 36.9 Å². The van der Waals surface area contributed by atoms with Crippen molar-refractivity contribution in [2.24, 2.45) is 0 Å². The highest BCUT2D eigenvalue weighted by atomic mass is 35.5. The zero-order chi connectivity index (χ0) is 17.1. The molecule has 1 saturated carbocycles. The van der Waals surface area contributed by atoms with Gasteiger partial charge < -0.3 is 5.32 Å². The molecule has 1 atom stereocenters. The number of aromatic nitrogens is 4. The molecule has 0 spiro atoms. The summed E-state index contributed by atoms with van der Waals surface area (Å²) in [6.07, 6.45) is 2.20. The van der Waals surface area contributed by atoms with Gasteiger partial charge in [0.05, 0.1) is 11.8 Å². The first-order valence-corrected chi connectivity index (χ1v) is 9.41. The zero-order valence-corrected chi connectivity index (χ0v) is 15.4. The van der Waals surface area contributed by atoms with E-state index < -0.39 is 0 Å². The van der Waals surface area contributed by atoms with Gasteiger partial charge in [-0.3, -0.25) is 4.79 Å². The molecule has 2 aromatic rings. The number of hydrogen-bond acceptors (Lipinski definition) is 5. The highest BCUT2D eigenvalue weighted by Crippen LogP contribution is 2.36. The Labute approximate surface area is 154 Å². The first kappa shape index (κ1) is 17.5. The van der Waals surface area contributed by atoms with Crippen molar-refractivity contribution >= 4 is 40.9 Å². The Hall–Kier alpha value is -1.31. The van der Waals surface area contributed by atoms with Crippen LogP contribution in [0.3, 0.4) is 0 Å². The Bertz CT molecular complexity index is 714. The third kappa shape index (κ3) is 4.20. The van der Waals surface area contributed by atoms with Gasteiger partial charge in [0.2, 0.25) is 11.1 Å². The molecule has 3 rings (SSSR count). The maximum absolute atomic E-state index is 12.1. The van der Waals surface area contributed by atoms with E-state index in [0.717, 1.165) is 18.4 Å². The molecule has 24 heavy (non-hydrogen) atoms. The van der Waals surface area contributed by atoms with Gasteiger partial charge in [0.15, 0.2) is 0 Å². The fourth-order valence-corrected chi connectivity index (χ4v) is 3.90. The molecule has 0 aliphatic heterocycles. The molecule has 1 aromatic carbocycles. The summed E-state index contributed by atoms with van der Waals surface area (Å²) in [5, 5.41) is 16.4. The maximum atomic E-state index is 12.1. The molecule has 9 heteroatoms. The first-order chi connectivity index (χ1) is 11.6. The normalized spacial score (nSPS) is 15.3. The molecule has 0 bridgehead atoms. The van der Waals surface area contributed by atoms with E-state index in [1.807, 2.05) is 6.92 Å². The smallest absolute Gasteiger partial charge is 0.230 e. The Kier molecular flexibility index (Phi) is 5.63. The number of nitrogens with one attached hydrogen (secondary N) is 1. The summed E-state index contributed by atoms with van der Waals surface area (Å²) in [6, 6.07) is 5.80. The molecular weight excluding hydrogens is 369 g/mol. The number of carbonyl (C=O) groups is 1. The number of rotatable bonds is 7. The second-order valence-electron chi connectivity index (χ2n) is 5.77. The summed E-state index contributed by atoms with van der Waals surface area (Å²) in [7, 11) is 0. The van der Waals surface area contributed by atoms with Crippen molar-refractivity contribution in [2.75, 3.05) is 12.3 Å². The van der Waals surface area contributed by atoms with Crippen LogP contribution < -0.4 is 5.32 Å². The number of hydrogen-bond donors (Lipinski definition) is 1. The average Bonchev–Trinajstić information content (AvgIpc) is 3.29. The van der Waals surface area contributed by atoms with Crippen LogP contribution in [0.5, 0.6) is 0 Å². The molecule has 1 fully saturated rings. The Morgan fingerprint density at radius 2 is 2.12 bits per heavy atom. The number of carbonyl (C=O) groups excluding carboxylic acids is 1. The zero-order valence-electron chi connectivity index (χ0n) is 13.1. The number of tetrazole rings is 1. The van der Waals surface area contributed by atoms with Gasteiger partial charge in [-0.1, -0.05) is 48.0 Å². The molecule has 0 saturated heterocycles. The van der Waals surface area contributed by atoms with Crippen molar-refractivity contribution in [1.29, 1.82) is 0 Å². The highest BCUT2D eigenvalue weighted by Gasteiger charge is 2.28. The third-order valence-corrected chi connectivity index (χ3v) is 5.38. The third-order valence-electron chi connectivity index (χ3n) is 3.79. The highest BCUT2D eigenvalue weighted by molar-refractivity contribution is 7.99. The van der Waals surface area contributed by atoms with Crippen LogP contribution in [0.1, 0.15) is 37.3 Å². The van der Waals surface area contributed by atoms with Crippen LogP contribution in [0, 0.1) is 0 Å². The monoisotopic (exact) mass is 385 g/mol. The lowest BCUT2D eigenvalue weighted by atomic mass is 10.0. The molecule has 1 N–H and O–H groups in total. The van der Waals surface area contributed by atoms with Crippen molar-refractivity contribution in [3.8, 4) is 0 Å². The van der Waals surface area contributed by atoms with Gasteiger partial charge in [0, 0.05) is 22.5 Å². The van der Waals surface area contributed by atoms with Crippen LogP contribution >= 0.6 is 35.0 Å². The predicted molar refractivity (Wildman–Crippen MR) is 94.7 cm³/mol. The molecule has 6 nitrogen and oxygen atoms in total. The molecular formula is C15H17Cl2N5OS. The minimum absolute atomic E-state index is 0.0249. The SMILES string of the molecule is CC(CNC(=O)CSc1nnnn1C1CC1)c1c(Cl)cccc1Cl. The lowest BCUT2D eigenvalue weighted by Crippen LogP contribution is -2.29. The Morgan fingerprint density at radius 3 is 2.79 bits per heavy atom. The summed E-state index contributed by atoms with van der Waals surface area (Å²) in [5.74, 6) is 0.230. The van der Waals surface area contributed by atoms with E-state index in [9.17, 15) is 4.79 Å². The molecule has 1 aliphatic carbocycles. The van der Waals surface area contributed by atoms with E-state index in [2.05, 4.69) is 20.8 Å². The number of nitrogens with zero attached hydrogens (tertiary/aromatic N) is 4. The van der Waals surface area contributed by atoms with E-state index in [4.69, 9.17) is 23.2 Å². The summed E-state index contributed by atoms with van der Waals surface area (Å²) in [4.78, 5) is 12.1. The number of benzene rings is 1. The van der Waals surface area contributed by atoms with Gasteiger partial charge in [-0.2, -0.15) is 0 Å². The molecule has 1 amide bonds. The molecule has 1 aliphatic rings. The van der Waals surface area contributed by atoms with Crippen LogP contribution in [-0.2, 0) is 4.79 Å². The van der Waals surface area contributed by atoms with E-state index >= 15 is 0 Å². The maximum Gasteiger partial charge on any atom is 0.230 e.